The van der Waals surface area contributed by atoms with Crippen molar-refractivity contribution in [2.45, 2.75) is 37.9 Å². The van der Waals surface area contributed by atoms with E-state index in [1.54, 1.807) is 13.8 Å². The van der Waals surface area contributed by atoms with Crippen LogP contribution >= 0.6 is 0 Å². The minimum atomic E-state index is -1.17. The molecule has 3 unspecified atom stereocenters. The van der Waals surface area contributed by atoms with E-state index in [1.807, 2.05) is 0 Å². The Balaban J connectivity index is 2.14. The molecule has 13 heavy (non-hydrogen) atoms. The molecule has 0 spiro atoms. The van der Waals surface area contributed by atoms with Crippen molar-refractivity contribution in [3.8, 4) is 0 Å². The number of hydrogen-bond donors (Lipinski definition) is 1. The van der Waals surface area contributed by atoms with Crippen LogP contribution in [0.3, 0.4) is 0 Å². The Hall–Kier alpha value is -0.650. The number of carbonyl (C=O) groups excluding carboxylic acids is 1. The maximum atomic E-state index is 10.9. The Bertz CT molecular complexity index is 237. The maximum Gasteiger partial charge on any atom is 0.338 e. The normalized spacial score (nSPS) is 42.7. The highest BCUT2D eigenvalue weighted by Gasteiger charge is 2.50. The molecule has 2 heterocycles. The molecule has 0 saturated carbocycles. The Morgan fingerprint density at radius 3 is 2.92 bits per heavy atom. The first-order valence-electron chi connectivity index (χ1n) is 4.20. The summed E-state index contributed by atoms with van der Waals surface area (Å²) in [6.45, 7) is 3.75. The molecular weight excluding hydrogens is 176 g/mol. The first-order valence-corrected chi connectivity index (χ1v) is 4.20. The first kappa shape index (κ1) is 8.93. The molecule has 3 atom stereocenters. The number of aliphatic hydroxyl groups is 1. The molecule has 0 radical (unpaired) electrons. The molecule has 0 aliphatic carbocycles. The maximum absolute atomic E-state index is 10.9. The standard InChI is InChI=1S/C8H12O5/c1-8(2)11-3-4-6(13-8)5(9)7(10)12-4/h4-6,9H,3H2,1-2H3. The summed E-state index contributed by atoms with van der Waals surface area (Å²) in [7, 11) is 0. The van der Waals surface area contributed by atoms with Gasteiger partial charge in [-0.2, -0.15) is 0 Å². The molecule has 2 saturated heterocycles. The Kier molecular flexibility index (Phi) is 1.83. The highest BCUT2D eigenvalue weighted by Crippen LogP contribution is 2.30. The largest absolute Gasteiger partial charge is 0.455 e. The van der Waals surface area contributed by atoms with E-state index in [4.69, 9.17) is 14.2 Å². The molecule has 1 N–H and O–H groups in total. The van der Waals surface area contributed by atoms with Crippen LogP contribution in [-0.2, 0) is 19.0 Å². The zero-order valence-corrected chi connectivity index (χ0v) is 7.52. The molecule has 5 nitrogen and oxygen atoms in total. The van der Waals surface area contributed by atoms with E-state index in [-0.39, 0.29) is 6.61 Å². The van der Waals surface area contributed by atoms with E-state index in [0.717, 1.165) is 0 Å². The van der Waals surface area contributed by atoms with Crippen molar-refractivity contribution in [1.82, 2.24) is 0 Å². The lowest BCUT2D eigenvalue weighted by atomic mass is 10.1. The van der Waals surface area contributed by atoms with Crippen LogP contribution in [-0.4, -0.2) is 41.8 Å². The summed E-state index contributed by atoms with van der Waals surface area (Å²) in [5.41, 5.74) is 0. The highest BCUT2D eigenvalue weighted by atomic mass is 16.7. The van der Waals surface area contributed by atoms with Gasteiger partial charge in [0.2, 0.25) is 0 Å². The van der Waals surface area contributed by atoms with Crippen LogP contribution in [0, 0.1) is 0 Å². The van der Waals surface area contributed by atoms with Gasteiger partial charge in [-0.1, -0.05) is 0 Å². The average Bonchev–Trinajstić information content (AvgIpc) is 2.29. The lowest BCUT2D eigenvalue weighted by Crippen LogP contribution is -2.50. The van der Waals surface area contributed by atoms with Crippen LogP contribution in [0.25, 0.3) is 0 Å². The van der Waals surface area contributed by atoms with E-state index < -0.39 is 30.1 Å². The summed E-state index contributed by atoms with van der Waals surface area (Å²) in [6, 6.07) is 0. The molecular formula is C8H12O5. The van der Waals surface area contributed by atoms with Gasteiger partial charge in [-0.25, -0.2) is 4.79 Å². The molecule has 0 aromatic carbocycles. The second-order valence-electron chi connectivity index (χ2n) is 3.71. The quantitative estimate of drug-likeness (QED) is 0.515. The Morgan fingerprint density at radius 1 is 1.54 bits per heavy atom. The molecule has 5 heteroatoms. The summed E-state index contributed by atoms with van der Waals surface area (Å²) in [6.07, 6.45) is -2.22. The summed E-state index contributed by atoms with van der Waals surface area (Å²) in [5, 5.41) is 9.37. The SMILES string of the molecule is CC1(C)OCC2OC(=O)C(O)C2O1. The lowest BCUT2D eigenvalue weighted by Gasteiger charge is -2.36. The van der Waals surface area contributed by atoms with Crippen molar-refractivity contribution in [3.63, 3.8) is 0 Å². The predicted molar refractivity (Wildman–Crippen MR) is 40.8 cm³/mol. The Labute approximate surface area is 75.6 Å². The van der Waals surface area contributed by atoms with Crippen molar-refractivity contribution in [3.05, 3.63) is 0 Å². The predicted octanol–water partition coefficient (Wildman–Crippen LogP) is -0.576. The van der Waals surface area contributed by atoms with E-state index >= 15 is 0 Å². The molecule has 0 aromatic heterocycles. The molecule has 2 aliphatic rings. The van der Waals surface area contributed by atoms with Gasteiger partial charge in [0, 0.05) is 0 Å². The van der Waals surface area contributed by atoms with Gasteiger partial charge < -0.3 is 19.3 Å². The minimum absolute atomic E-state index is 0.278. The second kappa shape index (κ2) is 2.67. The fourth-order valence-corrected chi connectivity index (χ4v) is 1.54. The molecule has 2 rings (SSSR count). The summed E-state index contributed by atoms with van der Waals surface area (Å²) < 4.78 is 15.5. The van der Waals surface area contributed by atoms with Gasteiger partial charge in [0.15, 0.2) is 18.0 Å². The van der Waals surface area contributed by atoms with Crippen molar-refractivity contribution < 1.29 is 24.1 Å². The molecule has 0 bridgehead atoms. The fraction of sp³-hybridized carbons (Fsp3) is 0.875. The number of esters is 1. The number of ether oxygens (including phenoxy) is 3. The van der Waals surface area contributed by atoms with E-state index in [2.05, 4.69) is 0 Å². The van der Waals surface area contributed by atoms with Crippen LogP contribution < -0.4 is 0 Å². The smallest absolute Gasteiger partial charge is 0.338 e. The van der Waals surface area contributed by atoms with E-state index in [9.17, 15) is 9.90 Å². The third-order valence-corrected chi connectivity index (χ3v) is 2.20. The monoisotopic (exact) mass is 188 g/mol. The third-order valence-electron chi connectivity index (χ3n) is 2.20. The van der Waals surface area contributed by atoms with Crippen LogP contribution in [0.5, 0.6) is 0 Å². The second-order valence-corrected chi connectivity index (χ2v) is 3.71. The van der Waals surface area contributed by atoms with Crippen molar-refractivity contribution >= 4 is 5.97 Å². The summed E-state index contributed by atoms with van der Waals surface area (Å²) >= 11 is 0. The lowest BCUT2D eigenvalue weighted by molar-refractivity contribution is -0.299. The molecule has 2 aliphatic heterocycles. The fourth-order valence-electron chi connectivity index (χ4n) is 1.54. The van der Waals surface area contributed by atoms with Crippen LogP contribution in [0.1, 0.15) is 13.8 Å². The van der Waals surface area contributed by atoms with Crippen molar-refractivity contribution in [2.75, 3.05) is 6.61 Å². The Morgan fingerprint density at radius 2 is 2.23 bits per heavy atom. The zero-order chi connectivity index (χ0) is 9.64. The number of fused-ring (bicyclic) bond motifs is 1. The first-order chi connectivity index (χ1) is 5.99. The topological polar surface area (TPSA) is 65.0 Å². The van der Waals surface area contributed by atoms with Crippen LogP contribution in [0.4, 0.5) is 0 Å². The van der Waals surface area contributed by atoms with Crippen LogP contribution in [0.15, 0.2) is 0 Å². The van der Waals surface area contributed by atoms with Crippen LogP contribution in [0.2, 0.25) is 0 Å². The molecule has 2 fully saturated rings. The van der Waals surface area contributed by atoms with Gasteiger partial charge in [-0.05, 0) is 13.8 Å². The number of hydrogen-bond acceptors (Lipinski definition) is 5. The van der Waals surface area contributed by atoms with E-state index in [0.29, 0.717) is 0 Å². The van der Waals surface area contributed by atoms with Crippen molar-refractivity contribution in [2.24, 2.45) is 0 Å². The summed E-state index contributed by atoms with van der Waals surface area (Å²) in [5.74, 6) is -1.38. The number of aliphatic hydroxyl groups excluding tert-OH is 1. The van der Waals surface area contributed by atoms with Gasteiger partial charge in [-0.15, -0.1) is 0 Å². The summed E-state index contributed by atoms with van der Waals surface area (Å²) in [4.78, 5) is 10.9. The van der Waals surface area contributed by atoms with Gasteiger partial charge in [0.25, 0.3) is 0 Å². The zero-order valence-electron chi connectivity index (χ0n) is 7.52. The highest BCUT2D eigenvalue weighted by molar-refractivity contribution is 5.77. The van der Waals surface area contributed by atoms with Gasteiger partial charge in [0.1, 0.15) is 6.10 Å². The minimum Gasteiger partial charge on any atom is -0.455 e. The third kappa shape index (κ3) is 1.43. The molecule has 74 valence electrons. The van der Waals surface area contributed by atoms with Gasteiger partial charge in [-0.3, -0.25) is 0 Å². The number of rotatable bonds is 0. The van der Waals surface area contributed by atoms with Gasteiger partial charge in [0.05, 0.1) is 6.61 Å². The number of carbonyl (C=O) groups is 1. The average molecular weight is 188 g/mol. The molecule has 0 amide bonds. The van der Waals surface area contributed by atoms with Crippen molar-refractivity contribution in [1.29, 1.82) is 0 Å². The molecule has 0 aromatic rings. The van der Waals surface area contributed by atoms with Gasteiger partial charge >= 0.3 is 5.97 Å². The van der Waals surface area contributed by atoms with E-state index in [1.165, 1.54) is 0 Å².